The van der Waals surface area contributed by atoms with Crippen LogP contribution in [0, 0.1) is 10.1 Å². The highest BCUT2D eigenvalue weighted by Gasteiger charge is 2.33. The average Bonchev–Trinajstić information content (AvgIpc) is 2.82. The number of nitrogens with zero attached hydrogens (tertiary/aromatic N) is 2. The first-order valence-corrected chi connectivity index (χ1v) is 9.87. The Kier molecular flexibility index (Phi) is 7.54. The van der Waals surface area contributed by atoms with Crippen LogP contribution in [0.25, 0.3) is 0 Å². The summed E-state index contributed by atoms with van der Waals surface area (Å²) in [5.41, 5.74) is 1.25. The topological polar surface area (TPSA) is 123 Å². The van der Waals surface area contributed by atoms with Crippen LogP contribution in [0.15, 0.2) is 65.8 Å². The minimum atomic E-state index is -4.73. The number of hydrogen-bond acceptors (Lipinski definition) is 7. The summed E-state index contributed by atoms with van der Waals surface area (Å²) in [4.78, 5) is 21.5. The lowest BCUT2D eigenvalue weighted by Crippen LogP contribution is -2.07. The zero-order valence-electron chi connectivity index (χ0n) is 18.1. The predicted molar refractivity (Wildman–Crippen MR) is 120 cm³/mol. The SMILES string of the molecule is COc1cccc(/C=N\Nc2ccc(C(F)(F)F)cc2[N+](=O)[O-])c1OCc1cccc(C(=O)O)c1. The number of carbonyl (C=O) groups is 1. The molecule has 12 heteroatoms. The second kappa shape index (κ2) is 10.5. The van der Waals surface area contributed by atoms with Crippen LogP contribution >= 0.6 is 0 Å². The summed E-state index contributed by atoms with van der Waals surface area (Å²) < 4.78 is 49.8. The maximum absolute atomic E-state index is 12.9. The monoisotopic (exact) mass is 489 g/mol. The Morgan fingerprint density at radius 1 is 1.17 bits per heavy atom. The number of methoxy groups -OCH3 is 1. The second-order valence-corrected chi connectivity index (χ2v) is 7.03. The molecule has 0 aliphatic carbocycles. The molecule has 3 aromatic carbocycles. The van der Waals surface area contributed by atoms with Gasteiger partial charge >= 0.3 is 12.1 Å². The van der Waals surface area contributed by atoms with Gasteiger partial charge in [0.15, 0.2) is 11.5 Å². The summed E-state index contributed by atoms with van der Waals surface area (Å²) >= 11 is 0. The van der Waals surface area contributed by atoms with Gasteiger partial charge in [-0.2, -0.15) is 18.3 Å². The highest BCUT2D eigenvalue weighted by atomic mass is 19.4. The lowest BCUT2D eigenvalue weighted by atomic mass is 10.1. The molecule has 0 bridgehead atoms. The van der Waals surface area contributed by atoms with Crippen molar-refractivity contribution in [3.8, 4) is 11.5 Å². The van der Waals surface area contributed by atoms with Crippen LogP contribution in [0.1, 0.15) is 27.0 Å². The molecule has 0 atom stereocenters. The van der Waals surface area contributed by atoms with E-state index in [-0.39, 0.29) is 23.6 Å². The summed E-state index contributed by atoms with van der Waals surface area (Å²) in [6, 6.07) is 13.1. The molecular formula is C23H18F3N3O6. The van der Waals surface area contributed by atoms with Gasteiger partial charge in [0.1, 0.15) is 12.3 Å². The van der Waals surface area contributed by atoms with Crippen molar-refractivity contribution in [2.45, 2.75) is 12.8 Å². The van der Waals surface area contributed by atoms with Gasteiger partial charge in [-0.05, 0) is 42.0 Å². The highest BCUT2D eigenvalue weighted by Crippen LogP contribution is 2.35. The van der Waals surface area contributed by atoms with E-state index in [2.05, 4.69) is 10.5 Å². The molecule has 182 valence electrons. The van der Waals surface area contributed by atoms with Crippen molar-refractivity contribution in [2.75, 3.05) is 12.5 Å². The molecular weight excluding hydrogens is 471 g/mol. The third-order valence-electron chi connectivity index (χ3n) is 4.70. The Morgan fingerprint density at radius 3 is 2.57 bits per heavy atom. The number of alkyl halides is 3. The number of para-hydroxylation sites is 1. The van der Waals surface area contributed by atoms with Crippen LogP contribution in [0.3, 0.4) is 0 Å². The van der Waals surface area contributed by atoms with Crippen LogP contribution in [0.5, 0.6) is 11.5 Å². The first-order chi connectivity index (χ1) is 16.6. The van der Waals surface area contributed by atoms with Gasteiger partial charge in [0.05, 0.1) is 29.4 Å². The zero-order valence-corrected chi connectivity index (χ0v) is 18.1. The molecule has 0 saturated heterocycles. The van der Waals surface area contributed by atoms with Gasteiger partial charge in [-0.15, -0.1) is 0 Å². The molecule has 9 nitrogen and oxygen atoms in total. The third-order valence-corrected chi connectivity index (χ3v) is 4.70. The summed E-state index contributed by atoms with van der Waals surface area (Å²) in [7, 11) is 1.41. The van der Waals surface area contributed by atoms with Gasteiger partial charge in [-0.3, -0.25) is 15.5 Å². The second-order valence-electron chi connectivity index (χ2n) is 7.03. The number of anilines is 1. The molecule has 35 heavy (non-hydrogen) atoms. The Balaban J connectivity index is 1.83. The first-order valence-electron chi connectivity index (χ1n) is 9.87. The number of hydrazone groups is 1. The lowest BCUT2D eigenvalue weighted by Gasteiger charge is -2.13. The van der Waals surface area contributed by atoms with E-state index in [1.807, 2.05) is 0 Å². The molecule has 0 amide bonds. The van der Waals surface area contributed by atoms with E-state index < -0.39 is 28.3 Å². The van der Waals surface area contributed by atoms with Crippen molar-refractivity contribution >= 4 is 23.6 Å². The average molecular weight is 489 g/mol. The molecule has 0 saturated carbocycles. The van der Waals surface area contributed by atoms with E-state index >= 15 is 0 Å². The summed E-state index contributed by atoms with van der Waals surface area (Å²) in [5, 5.41) is 24.3. The highest BCUT2D eigenvalue weighted by molar-refractivity contribution is 5.88. The smallest absolute Gasteiger partial charge is 0.416 e. The molecule has 0 aliphatic rings. The molecule has 3 aromatic rings. The standard InChI is InChI=1S/C23H18F3N3O6/c1-34-20-7-3-6-16(21(20)35-13-14-4-2-5-15(10-14)22(30)31)12-27-28-18-9-8-17(23(24,25)26)11-19(18)29(32)33/h2-12,28H,13H2,1H3,(H,30,31)/b27-12-. The van der Waals surface area contributed by atoms with Crippen LogP contribution in [0.2, 0.25) is 0 Å². The number of halogens is 3. The van der Waals surface area contributed by atoms with Crippen molar-refractivity contribution in [2.24, 2.45) is 5.10 Å². The van der Waals surface area contributed by atoms with Crippen LogP contribution in [-0.2, 0) is 12.8 Å². The number of benzene rings is 3. The Morgan fingerprint density at radius 2 is 1.91 bits per heavy atom. The fourth-order valence-corrected chi connectivity index (χ4v) is 3.02. The molecule has 0 aliphatic heterocycles. The molecule has 0 aromatic heterocycles. The lowest BCUT2D eigenvalue weighted by molar-refractivity contribution is -0.384. The Hall–Kier alpha value is -4.61. The van der Waals surface area contributed by atoms with Gasteiger partial charge in [-0.25, -0.2) is 4.79 Å². The van der Waals surface area contributed by atoms with Crippen LogP contribution < -0.4 is 14.9 Å². The van der Waals surface area contributed by atoms with Gasteiger partial charge in [0.2, 0.25) is 0 Å². The minimum Gasteiger partial charge on any atom is -0.493 e. The van der Waals surface area contributed by atoms with E-state index in [9.17, 15) is 28.1 Å². The summed E-state index contributed by atoms with van der Waals surface area (Å²) in [6.45, 7) is 0.000137. The number of hydrogen-bond donors (Lipinski definition) is 2. The maximum atomic E-state index is 12.9. The summed E-state index contributed by atoms with van der Waals surface area (Å²) in [6.07, 6.45) is -3.48. The van der Waals surface area contributed by atoms with Gasteiger partial charge in [0, 0.05) is 11.6 Å². The number of ether oxygens (including phenoxy) is 2. The van der Waals surface area contributed by atoms with Gasteiger partial charge < -0.3 is 14.6 Å². The molecule has 0 heterocycles. The number of carboxylic acid groups (broad SMARTS) is 1. The number of nitro groups is 1. The fraction of sp³-hybridized carbons (Fsp3) is 0.130. The molecule has 0 radical (unpaired) electrons. The zero-order chi connectivity index (χ0) is 25.6. The minimum absolute atomic E-state index is 0.000137. The predicted octanol–water partition coefficient (Wildman–Crippen LogP) is 5.35. The fourth-order valence-electron chi connectivity index (χ4n) is 3.02. The van der Waals surface area contributed by atoms with E-state index in [1.165, 1.54) is 25.5 Å². The summed E-state index contributed by atoms with van der Waals surface area (Å²) in [5.74, 6) is -0.493. The van der Waals surface area contributed by atoms with E-state index in [0.29, 0.717) is 29.0 Å². The molecule has 0 fully saturated rings. The van der Waals surface area contributed by atoms with Crippen molar-refractivity contribution in [3.63, 3.8) is 0 Å². The number of rotatable bonds is 9. The van der Waals surface area contributed by atoms with Gasteiger partial charge in [-0.1, -0.05) is 18.2 Å². The van der Waals surface area contributed by atoms with E-state index in [1.54, 1.807) is 30.3 Å². The van der Waals surface area contributed by atoms with Crippen molar-refractivity contribution in [3.05, 3.63) is 93.0 Å². The van der Waals surface area contributed by atoms with Crippen molar-refractivity contribution in [1.29, 1.82) is 0 Å². The Labute approximate surface area is 196 Å². The first kappa shape index (κ1) is 25.0. The molecule has 0 spiro atoms. The quantitative estimate of drug-likeness (QED) is 0.236. The number of aromatic carboxylic acids is 1. The largest absolute Gasteiger partial charge is 0.493 e. The third kappa shape index (κ3) is 6.25. The van der Waals surface area contributed by atoms with E-state index in [4.69, 9.17) is 14.6 Å². The van der Waals surface area contributed by atoms with Crippen molar-refractivity contribution < 1.29 is 37.5 Å². The number of nitrogens with one attached hydrogen (secondary N) is 1. The van der Waals surface area contributed by atoms with Crippen LogP contribution in [-0.4, -0.2) is 29.3 Å². The molecule has 0 unspecified atom stereocenters. The number of carboxylic acids is 1. The molecule has 2 N–H and O–H groups in total. The maximum Gasteiger partial charge on any atom is 0.416 e. The molecule has 3 rings (SSSR count). The van der Waals surface area contributed by atoms with Crippen molar-refractivity contribution in [1.82, 2.24) is 0 Å². The van der Waals surface area contributed by atoms with Crippen LogP contribution in [0.4, 0.5) is 24.5 Å². The number of nitro benzene ring substituents is 1. The van der Waals surface area contributed by atoms with Gasteiger partial charge in [0.25, 0.3) is 5.69 Å². The Bertz CT molecular complexity index is 1280. The van der Waals surface area contributed by atoms with E-state index in [0.717, 1.165) is 6.07 Å². The normalized spacial score (nSPS) is 11.3.